The first-order valence-electron chi connectivity index (χ1n) is 5.74. The number of ether oxygens (including phenoxy) is 1. The zero-order chi connectivity index (χ0) is 12.2. The molecule has 0 aromatic carbocycles. The molecule has 102 valence electrons. The standard InChI is InChI=1S/C11H22N2O3.ClH/c1-11(2,3)16-10(15)13-6-4-9(8-14)12-5-7-13;/h9,12,14H,4-8H2,1-3H3;1H. The largest absolute Gasteiger partial charge is 0.444 e. The van der Waals surface area contributed by atoms with Gasteiger partial charge in [0.25, 0.3) is 0 Å². The Morgan fingerprint density at radius 2 is 2.12 bits per heavy atom. The highest BCUT2D eigenvalue weighted by Crippen LogP contribution is 2.11. The summed E-state index contributed by atoms with van der Waals surface area (Å²) in [6, 6.07) is 0.0902. The van der Waals surface area contributed by atoms with Gasteiger partial charge in [0.2, 0.25) is 0 Å². The maximum absolute atomic E-state index is 11.8. The van der Waals surface area contributed by atoms with Gasteiger partial charge >= 0.3 is 6.09 Å². The fraction of sp³-hybridized carbons (Fsp3) is 0.909. The van der Waals surface area contributed by atoms with E-state index in [0.29, 0.717) is 19.6 Å². The molecule has 1 rings (SSSR count). The molecule has 0 radical (unpaired) electrons. The molecular formula is C11H23ClN2O3. The Balaban J connectivity index is 0.00000256. The van der Waals surface area contributed by atoms with Crippen molar-refractivity contribution in [3.63, 3.8) is 0 Å². The van der Waals surface area contributed by atoms with Crippen molar-refractivity contribution in [2.45, 2.75) is 38.8 Å². The van der Waals surface area contributed by atoms with Gasteiger partial charge in [-0.3, -0.25) is 0 Å². The first kappa shape index (κ1) is 16.5. The minimum atomic E-state index is -0.451. The van der Waals surface area contributed by atoms with Crippen molar-refractivity contribution < 1.29 is 14.6 Å². The minimum absolute atomic E-state index is 0. The number of rotatable bonds is 1. The fourth-order valence-corrected chi connectivity index (χ4v) is 1.59. The van der Waals surface area contributed by atoms with E-state index in [0.717, 1.165) is 6.42 Å². The van der Waals surface area contributed by atoms with Crippen molar-refractivity contribution >= 4 is 18.5 Å². The topological polar surface area (TPSA) is 61.8 Å². The molecule has 0 aromatic rings. The fourth-order valence-electron chi connectivity index (χ4n) is 1.59. The van der Waals surface area contributed by atoms with E-state index in [4.69, 9.17) is 9.84 Å². The van der Waals surface area contributed by atoms with Gasteiger partial charge in [-0.1, -0.05) is 0 Å². The summed E-state index contributed by atoms with van der Waals surface area (Å²) in [5, 5.41) is 12.2. The zero-order valence-corrected chi connectivity index (χ0v) is 11.5. The molecule has 0 aliphatic carbocycles. The van der Waals surface area contributed by atoms with Crippen LogP contribution in [0.25, 0.3) is 0 Å². The molecule has 0 bridgehead atoms. The van der Waals surface area contributed by atoms with Crippen LogP contribution in [0.1, 0.15) is 27.2 Å². The second kappa shape index (κ2) is 7.03. The van der Waals surface area contributed by atoms with Crippen LogP contribution in [0, 0.1) is 0 Å². The zero-order valence-electron chi connectivity index (χ0n) is 10.7. The summed E-state index contributed by atoms with van der Waals surface area (Å²) in [5.41, 5.74) is -0.451. The van der Waals surface area contributed by atoms with Gasteiger partial charge in [-0.05, 0) is 27.2 Å². The van der Waals surface area contributed by atoms with Crippen molar-refractivity contribution in [1.29, 1.82) is 0 Å². The Hall–Kier alpha value is -0.520. The van der Waals surface area contributed by atoms with Gasteiger partial charge in [0.1, 0.15) is 5.60 Å². The van der Waals surface area contributed by atoms with E-state index >= 15 is 0 Å². The van der Waals surface area contributed by atoms with Crippen molar-refractivity contribution in [3.05, 3.63) is 0 Å². The average Bonchev–Trinajstić information content (AvgIpc) is 2.39. The maximum atomic E-state index is 11.8. The Labute approximate surface area is 109 Å². The number of carbonyl (C=O) groups excluding carboxylic acids is 1. The van der Waals surface area contributed by atoms with E-state index in [9.17, 15) is 4.79 Å². The van der Waals surface area contributed by atoms with Gasteiger partial charge in [0, 0.05) is 25.7 Å². The normalized spacial score (nSPS) is 21.4. The number of halogens is 1. The third-order valence-electron chi connectivity index (χ3n) is 2.43. The SMILES string of the molecule is CC(C)(C)OC(=O)N1CCNC(CO)CC1.Cl. The third kappa shape index (κ3) is 6.10. The number of nitrogens with one attached hydrogen (secondary N) is 1. The van der Waals surface area contributed by atoms with Crippen molar-refractivity contribution in [2.24, 2.45) is 0 Å². The number of amides is 1. The first-order chi connectivity index (χ1) is 7.42. The number of hydrogen-bond acceptors (Lipinski definition) is 4. The van der Waals surface area contributed by atoms with Crippen LogP contribution in [-0.2, 0) is 4.74 Å². The highest BCUT2D eigenvalue weighted by molar-refractivity contribution is 5.85. The molecule has 1 amide bonds. The maximum Gasteiger partial charge on any atom is 0.410 e. The summed E-state index contributed by atoms with van der Waals surface area (Å²) in [6.07, 6.45) is 0.489. The molecule has 0 aromatic heterocycles. The Kier molecular flexibility index (Phi) is 6.82. The van der Waals surface area contributed by atoms with E-state index in [1.165, 1.54) is 0 Å². The van der Waals surface area contributed by atoms with Gasteiger partial charge < -0.3 is 20.1 Å². The number of aliphatic hydroxyl groups is 1. The average molecular weight is 267 g/mol. The lowest BCUT2D eigenvalue weighted by Crippen LogP contribution is -2.38. The Morgan fingerprint density at radius 1 is 1.47 bits per heavy atom. The summed E-state index contributed by atoms with van der Waals surface area (Å²) < 4.78 is 5.30. The molecule has 2 N–H and O–H groups in total. The second-order valence-corrected chi connectivity index (χ2v) is 5.09. The van der Waals surface area contributed by atoms with Gasteiger partial charge in [-0.2, -0.15) is 0 Å². The number of aliphatic hydroxyl groups excluding tert-OH is 1. The smallest absolute Gasteiger partial charge is 0.410 e. The minimum Gasteiger partial charge on any atom is -0.444 e. The molecule has 17 heavy (non-hydrogen) atoms. The van der Waals surface area contributed by atoms with Gasteiger partial charge in [0.15, 0.2) is 0 Å². The molecule has 1 atom stereocenters. The monoisotopic (exact) mass is 266 g/mol. The predicted octanol–water partition coefficient (Wildman–Crippen LogP) is 0.999. The van der Waals surface area contributed by atoms with Crippen LogP contribution in [0.15, 0.2) is 0 Å². The molecule has 1 aliphatic rings. The molecule has 0 spiro atoms. The van der Waals surface area contributed by atoms with Gasteiger partial charge in [0.05, 0.1) is 6.61 Å². The van der Waals surface area contributed by atoms with Crippen LogP contribution in [0.5, 0.6) is 0 Å². The number of hydrogen-bond donors (Lipinski definition) is 2. The van der Waals surface area contributed by atoms with E-state index in [1.54, 1.807) is 4.90 Å². The highest BCUT2D eigenvalue weighted by atomic mass is 35.5. The van der Waals surface area contributed by atoms with Crippen molar-refractivity contribution in [2.75, 3.05) is 26.2 Å². The highest BCUT2D eigenvalue weighted by Gasteiger charge is 2.24. The first-order valence-corrected chi connectivity index (χ1v) is 5.74. The Morgan fingerprint density at radius 3 is 2.65 bits per heavy atom. The van der Waals surface area contributed by atoms with E-state index < -0.39 is 5.60 Å². The summed E-state index contributed by atoms with van der Waals surface area (Å²) in [6.45, 7) is 7.65. The van der Waals surface area contributed by atoms with E-state index in [2.05, 4.69) is 5.32 Å². The third-order valence-corrected chi connectivity index (χ3v) is 2.43. The van der Waals surface area contributed by atoms with Crippen LogP contribution in [0.2, 0.25) is 0 Å². The number of carbonyl (C=O) groups is 1. The number of nitrogens with zero attached hydrogens (tertiary/aromatic N) is 1. The molecule has 0 saturated carbocycles. The molecule has 1 heterocycles. The van der Waals surface area contributed by atoms with Gasteiger partial charge in [-0.15, -0.1) is 12.4 Å². The van der Waals surface area contributed by atoms with E-state index in [-0.39, 0.29) is 31.1 Å². The van der Waals surface area contributed by atoms with Crippen molar-refractivity contribution in [3.8, 4) is 0 Å². The quantitative estimate of drug-likeness (QED) is 0.743. The molecule has 1 fully saturated rings. The molecule has 5 nitrogen and oxygen atoms in total. The summed E-state index contributed by atoms with van der Waals surface area (Å²) in [5.74, 6) is 0. The van der Waals surface area contributed by atoms with Crippen LogP contribution in [0.4, 0.5) is 4.79 Å². The predicted molar refractivity (Wildman–Crippen MR) is 68.5 cm³/mol. The molecule has 1 unspecified atom stereocenters. The lowest BCUT2D eigenvalue weighted by Gasteiger charge is -2.26. The summed E-state index contributed by atoms with van der Waals surface area (Å²) in [4.78, 5) is 13.5. The lowest BCUT2D eigenvalue weighted by atomic mass is 10.2. The van der Waals surface area contributed by atoms with Crippen LogP contribution >= 0.6 is 12.4 Å². The molecule has 1 aliphatic heterocycles. The van der Waals surface area contributed by atoms with Gasteiger partial charge in [-0.25, -0.2) is 4.79 Å². The van der Waals surface area contributed by atoms with Crippen LogP contribution in [0.3, 0.4) is 0 Å². The Bertz CT molecular complexity index is 243. The van der Waals surface area contributed by atoms with Crippen LogP contribution < -0.4 is 5.32 Å². The summed E-state index contributed by atoms with van der Waals surface area (Å²) >= 11 is 0. The van der Waals surface area contributed by atoms with Crippen LogP contribution in [-0.4, -0.2) is 54.0 Å². The molecule has 6 heteroatoms. The van der Waals surface area contributed by atoms with Crippen molar-refractivity contribution in [1.82, 2.24) is 10.2 Å². The lowest BCUT2D eigenvalue weighted by molar-refractivity contribution is 0.0260. The van der Waals surface area contributed by atoms with E-state index in [1.807, 2.05) is 20.8 Å². The summed E-state index contributed by atoms with van der Waals surface area (Å²) in [7, 11) is 0. The molecule has 1 saturated heterocycles. The second-order valence-electron chi connectivity index (χ2n) is 5.09. The molecular weight excluding hydrogens is 244 g/mol.